The second-order valence-electron chi connectivity index (χ2n) is 12.6. The zero-order chi connectivity index (χ0) is 36.0. The largest absolute Gasteiger partial charge is 0.724 e. The summed E-state index contributed by atoms with van der Waals surface area (Å²) in [7, 11) is -0.500. The number of aliphatic imine (C=N–C) groups is 2. The van der Waals surface area contributed by atoms with Gasteiger partial charge >= 0.3 is 8.88 Å². The molecule has 2 aliphatic rings. The maximum Gasteiger partial charge on any atom is 0.724 e. The predicted molar refractivity (Wildman–Crippen MR) is 214 cm³/mol. The van der Waals surface area contributed by atoms with Crippen LogP contribution in [0.1, 0.15) is 22.3 Å². The fourth-order valence-electron chi connectivity index (χ4n) is 6.96. The Morgan fingerprint density at radius 2 is 0.868 bits per heavy atom. The summed E-state index contributed by atoms with van der Waals surface area (Å²) >= 11 is 0. The van der Waals surface area contributed by atoms with Gasteiger partial charge in [-0.05, 0) is 48.5 Å². The molecular formula is C44H40N4O4Si. The van der Waals surface area contributed by atoms with Crippen molar-refractivity contribution in [2.45, 2.75) is 0 Å². The van der Waals surface area contributed by atoms with Gasteiger partial charge in [0.2, 0.25) is 0 Å². The van der Waals surface area contributed by atoms with E-state index in [2.05, 4.69) is 81.9 Å². The number of nitrogens with zero attached hydrogens (tertiary/aromatic N) is 4. The van der Waals surface area contributed by atoms with Gasteiger partial charge in [0.25, 0.3) is 0 Å². The smallest absolute Gasteiger partial charge is 0.497 e. The maximum absolute atomic E-state index is 7.68. The molecule has 6 aromatic carbocycles. The first kappa shape index (κ1) is 33.8. The van der Waals surface area contributed by atoms with E-state index in [1.807, 2.05) is 84.9 Å². The highest BCUT2D eigenvalue weighted by molar-refractivity contribution is 6.77. The van der Waals surface area contributed by atoms with Gasteiger partial charge in [-0.25, -0.2) is 0 Å². The Morgan fingerprint density at radius 3 is 1.25 bits per heavy atom. The third-order valence-electron chi connectivity index (χ3n) is 9.47. The summed E-state index contributed by atoms with van der Waals surface area (Å²) in [5.74, 6) is 2.54. The first-order chi connectivity index (χ1) is 26.2. The van der Waals surface area contributed by atoms with E-state index in [9.17, 15) is 0 Å². The molecule has 0 radical (unpaired) electrons. The number of benzene rings is 6. The van der Waals surface area contributed by atoms with Crippen molar-refractivity contribution in [2.24, 2.45) is 9.98 Å². The fourth-order valence-corrected chi connectivity index (χ4v) is 10.4. The van der Waals surface area contributed by atoms with Gasteiger partial charge in [-0.2, -0.15) is 0 Å². The van der Waals surface area contributed by atoms with Crippen molar-refractivity contribution in [2.75, 3.05) is 49.5 Å². The van der Waals surface area contributed by atoms with Crippen LogP contribution in [-0.4, -0.2) is 60.7 Å². The average molecular weight is 717 g/mol. The van der Waals surface area contributed by atoms with Gasteiger partial charge in [-0.15, -0.1) is 0 Å². The van der Waals surface area contributed by atoms with Crippen LogP contribution in [0.5, 0.6) is 23.0 Å². The molecule has 264 valence electrons. The molecule has 0 bridgehead atoms. The van der Waals surface area contributed by atoms with E-state index in [1.54, 1.807) is 14.2 Å². The molecule has 0 unspecified atom stereocenters. The number of ether oxygens (including phenoxy) is 2. The molecule has 2 heterocycles. The molecule has 0 saturated carbocycles. The van der Waals surface area contributed by atoms with Gasteiger partial charge in [0.1, 0.15) is 23.0 Å². The predicted octanol–water partition coefficient (Wildman–Crippen LogP) is 8.31. The normalized spacial score (nSPS) is 15.3. The summed E-state index contributed by atoms with van der Waals surface area (Å²) in [6.07, 6.45) is 0. The quantitative estimate of drug-likeness (QED) is 0.162. The van der Waals surface area contributed by atoms with Crippen LogP contribution < -0.4 is 27.5 Å². The van der Waals surface area contributed by atoms with Crippen LogP contribution in [0.15, 0.2) is 168 Å². The summed E-state index contributed by atoms with van der Waals surface area (Å²) in [6.45, 7) is 2.21. The summed E-state index contributed by atoms with van der Waals surface area (Å²) in [4.78, 5) is 10.5. The van der Waals surface area contributed by atoms with Gasteiger partial charge in [0.05, 0.1) is 38.7 Å². The lowest BCUT2D eigenvalue weighted by Gasteiger charge is -2.40. The van der Waals surface area contributed by atoms with Crippen molar-refractivity contribution < 1.29 is 18.3 Å². The second kappa shape index (κ2) is 15.1. The Balaban J connectivity index is 1.45. The number of fused-ring (bicyclic) bond motifs is 2. The SMILES string of the molecule is COc1ccc2c(c1)O[Si]1(Oc3cc(OC)ccc3C(c3ccccc3)=NCCN=C2c2ccccc2)N(c2ccccc2)CCN1c1ccccc1. The van der Waals surface area contributed by atoms with Crippen LogP contribution >= 0.6 is 0 Å². The van der Waals surface area contributed by atoms with Crippen molar-refractivity contribution in [1.82, 2.24) is 0 Å². The first-order valence-electron chi connectivity index (χ1n) is 17.8. The van der Waals surface area contributed by atoms with Gasteiger partial charge in [0, 0.05) is 58.9 Å². The van der Waals surface area contributed by atoms with Gasteiger partial charge < -0.3 is 27.5 Å². The van der Waals surface area contributed by atoms with Crippen molar-refractivity contribution in [3.05, 3.63) is 180 Å². The molecule has 8 rings (SSSR count). The first-order valence-corrected chi connectivity index (χ1v) is 19.5. The third-order valence-corrected chi connectivity index (χ3v) is 12.8. The van der Waals surface area contributed by atoms with Crippen molar-refractivity contribution in [1.29, 1.82) is 0 Å². The van der Waals surface area contributed by atoms with Crippen molar-refractivity contribution >= 4 is 31.7 Å². The minimum absolute atomic E-state index is 0.452. The highest BCUT2D eigenvalue weighted by Crippen LogP contribution is 2.41. The van der Waals surface area contributed by atoms with Gasteiger partial charge in [-0.1, -0.05) is 97.1 Å². The summed E-state index contributed by atoms with van der Waals surface area (Å²) in [5, 5.41) is 0. The molecule has 8 nitrogen and oxygen atoms in total. The number of methoxy groups -OCH3 is 2. The molecule has 6 aromatic rings. The summed E-state index contributed by atoms with van der Waals surface area (Å²) in [6, 6.07) is 53.1. The van der Waals surface area contributed by atoms with E-state index in [0.29, 0.717) is 49.2 Å². The van der Waals surface area contributed by atoms with Crippen LogP contribution in [0.25, 0.3) is 0 Å². The molecule has 1 spiro atoms. The Labute approximate surface area is 311 Å². The molecular weight excluding hydrogens is 677 g/mol. The molecule has 1 saturated heterocycles. The Hall–Kier alpha value is -6.32. The van der Waals surface area contributed by atoms with E-state index < -0.39 is 8.88 Å². The number of anilines is 2. The monoisotopic (exact) mass is 716 g/mol. The van der Waals surface area contributed by atoms with Gasteiger partial charge in [0.15, 0.2) is 0 Å². The second-order valence-corrected chi connectivity index (χ2v) is 15.2. The molecule has 9 heteroatoms. The molecule has 0 aromatic heterocycles. The van der Waals surface area contributed by atoms with E-state index in [0.717, 1.165) is 45.1 Å². The van der Waals surface area contributed by atoms with E-state index in [4.69, 9.17) is 28.3 Å². The van der Waals surface area contributed by atoms with E-state index in [1.165, 1.54) is 0 Å². The van der Waals surface area contributed by atoms with Crippen molar-refractivity contribution in [3.63, 3.8) is 0 Å². The fraction of sp³-hybridized carbons (Fsp3) is 0.136. The zero-order valence-electron chi connectivity index (χ0n) is 29.8. The lowest BCUT2D eigenvalue weighted by molar-refractivity contribution is 0.371. The Bertz CT molecular complexity index is 2070. The molecule has 2 aliphatic heterocycles. The molecule has 53 heavy (non-hydrogen) atoms. The molecule has 0 amide bonds. The molecule has 1 fully saturated rings. The lowest BCUT2D eigenvalue weighted by Crippen LogP contribution is -2.69. The van der Waals surface area contributed by atoms with Crippen LogP contribution in [0.4, 0.5) is 11.4 Å². The zero-order valence-corrected chi connectivity index (χ0v) is 30.8. The Morgan fingerprint density at radius 1 is 0.491 bits per heavy atom. The van der Waals surface area contributed by atoms with Crippen LogP contribution in [0, 0.1) is 0 Å². The maximum atomic E-state index is 7.68. The number of hydrogen-bond acceptors (Lipinski definition) is 8. The number of hydrogen-bond donors (Lipinski definition) is 0. The van der Waals surface area contributed by atoms with Gasteiger partial charge in [-0.3, -0.25) is 9.98 Å². The number of para-hydroxylation sites is 2. The summed E-state index contributed by atoms with van der Waals surface area (Å²) in [5.41, 5.74) is 7.20. The lowest BCUT2D eigenvalue weighted by atomic mass is 10.0. The third kappa shape index (κ3) is 6.74. The van der Waals surface area contributed by atoms with Crippen LogP contribution in [0.3, 0.4) is 0 Å². The number of rotatable bonds is 6. The highest BCUT2D eigenvalue weighted by atomic mass is 28.4. The topological polar surface area (TPSA) is 68.1 Å². The Kier molecular flexibility index (Phi) is 9.64. The minimum atomic E-state index is -3.84. The minimum Gasteiger partial charge on any atom is -0.497 e. The van der Waals surface area contributed by atoms with E-state index >= 15 is 0 Å². The van der Waals surface area contributed by atoms with Crippen LogP contribution in [0.2, 0.25) is 0 Å². The standard InChI is InChI=1S/C44H40N4O4Si/c1-49-37-23-25-39-41(31-37)51-53(47(35-19-11-5-12-20-35)29-30-48(53)36-21-13-6-14-22-36)52-42-32-38(50-2)24-26-40(42)44(34-17-9-4-10-18-34)46-28-27-45-43(39)33-15-7-3-8-16-33/h3-26,31-32H,27-30H2,1-2H3. The molecule has 0 N–H and O–H groups in total. The highest BCUT2D eigenvalue weighted by Gasteiger charge is 2.63. The molecule has 0 atom stereocenters. The summed E-state index contributed by atoms with van der Waals surface area (Å²) < 4.78 is 31.7. The van der Waals surface area contributed by atoms with E-state index in [-0.39, 0.29) is 0 Å². The molecule has 0 aliphatic carbocycles. The van der Waals surface area contributed by atoms with Crippen LogP contribution in [-0.2, 0) is 0 Å². The average Bonchev–Trinajstić information content (AvgIpc) is 3.58. The van der Waals surface area contributed by atoms with Crippen molar-refractivity contribution in [3.8, 4) is 23.0 Å².